The quantitative estimate of drug-likeness (QED) is 0.341. The van der Waals surface area contributed by atoms with Crippen LogP contribution in [0.1, 0.15) is 16.1 Å². The summed E-state index contributed by atoms with van der Waals surface area (Å²) in [6.07, 6.45) is -5.39. The van der Waals surface area contributed by atoms with Crippen molar-refractivity contribution in [3.05, 3.63) is 77.7 Å². The predicted molar refractivity (Wildman–Crippen MR) is 107 cm³/mol. The third kappa shape index (κ3) is 4.27. The Balaban J connectivity index is 2.12. The van der Waals surface area contributed by atoms with Crippen LogP contribution in [0.2, 0.25) is 0 Å². The molecular weight excluding hydrogens is 432 g/mol. The van der Waals surface area contributed by atoms with Crippen molar-refractivity contribution in [1.29, 1.82) is 0 Å². The highest BCUT2D eigenvalue weighted by atomic mass is 19.4. The number of aromatic nitrogens is 2. The average molecular weight is 450 g/mol. The van der Waals surface area contributed by atoms with Gasteiger partial charge in [0.1, 0.15) is 11.6 Å². The van der Waals surface area contributed by atoms with E-state index in [9.17, 15) is 27.2 Å². The summed E-state index contributed by atoms with van der Waals surface area (Å²) in [5.41, 5.74) is -3.69. The number of amides is 1. The van der Waals surface area contributed by atoms with Gasteiger partial charge >= 0.3 is 17.8 Å². The maximum atomic E-state index is 14.3. The van der Waals surface area contributed by atoms with Crippen molar-refractivity contribution in [2.24, 2.45) is 0 Å². The molecule has 0 aliphatic heterocycles. The second-order valence-electron chi connectivity index (χ2n) is 6.72. The second kappa shape index (κ2) is 8.69. The van der Waals surface area contributed by atoms with Crippen molar-refractivity contribution < 1.29 is 31.9 Å². The van der Waals surface area contributed by atoms with Gasteiger partial charge in [-0.1, -0.05) is 30.3 Å². The van der Waals surface area contributed by atoms with Gasteiger partial charge in [-0.2, -0.15) is 18.3 Å². The van der Waals surface area contributed by atoms with Gasteiger partial charge in [-0.3, -0.25) is 4.79 Å². The zero-order chi connectivity index (χ0) is 23.5. The van der Waals surface area contributed by atoms with Crippen LogP contribution in [0.5, 0.6) is 0 Å². The number of nitrogens with one attached hydrogen (secondary N) is 2. The zero-order valence-electron chi connectivity index (χ0n) is 16.9. The standard InChI is InChI=1S/C21H18F4N4O3/c1-13-12-17(29(28-13)14-8-4-3-5-9-14)26-20(19(31)32-2,21(23,24)25)27-18(30)15-10-6-7-11-16(15)22/h3-12,26H,1-2H3,(H,27,30). The number of benzene rings is 2. The molecule has 11 heteroatoms. The van der Waals surface area contributed by atoms with Gasteiger partial charge in [0.2, 0.25) is 0 Å². The van der Waals surface area contributed by atoms with Crippen LogP contribution in [0, 0.1) is 12.7 Å². The third-order valence-electron chi connectivity index (χ3n) is 4.48. The number of hydrogen-bond donors (Lipinski definition) is 2. The smallest absolute Gasteiger partial charge is 0.441 e. The fourth-order valence-electron chi connectivity index (χ4n) is 2.97. The van der Waals surface area contributed by atoms with E-state index in [0.29, 0.717) is 11.4 Å². The molecule has 3 rings (SSSR count). The first kappa shape index (κ1) is 22.8. The molecule has 168 valence electrons. The van der Waals surface area contributed by atoms with E-state index >= 15 is 0 Å². The number of aryl methyl sites for hydroxylation is 1. The zero-order valence-corrected chi connectivity index (χ0v) is 16.9. The number of carbonyl (C=O) groups excluding carboxylic acids is 2. The van der Waals surface area contributed by atoms with E-state index < -0.39 is 35.1 Å². The van der Waals surface area contributed by atoms with Crippen LogP contribution in [-0.4, -0.2) is 40.6 Å². The Morgan fingerprint density at radius 3 is 2.25 bits per heavy atom. The lowest BCUT2D eigenvalue weighted by Gasteiger charge is -2.35. The number of esters is 1. The number of ether oxygens (including phenoxy) is 1. The van der Waals surface area contributed by atoms with Crippen LogP contribution in [-0.2, 0) is 9.53 Å². The molecule has 1 aromatic heterocycles. The molecule has 0 aliphatic rings. The normalized spacial score (nSPS) is 13.2. The van der Waals surface area contributed by atoms with E-state index in [4.69, 9.17) is 0 Å². The average Bonchev–Trinajstić information content (AvgIpc) is 3.12. The third-order valence-corrected chi connectivity index (χ3v) is 4.48. The lowest BCUT2D eigenvalue weighted by atomic mass is 10.1. The summed E-state index contributed by atoms with van der Waals surface area (Å²) in [4.78, 5) is 25.0. The number of carbonyl (C=O) groups is 2. The van der Waals surface area contributed by atoms with Gasteiger partial charge in [0.25, 0.3) is 5.91 Å². The summed E-state index contributed by atoms with van der Waals surface area (Å²) >= 11 is 0. The first-order valence-corrected chi connectivity index (χ1v) is 9.21. The molecule has 2 N–H and O–H groups in total. The van der Waals surface area contributed by atoms with E-state index in [1.807, 2.05) is 5.32 Å². The fraction of sp³-hybridized carbons (Fsp3) is 0.190. The highest BCUT2D eigenvalue weighted by Gasteiger charge is 2.64. The molecule has 0 radical (unpaired) electrons. The summed E-state index contributed by atoms with van der Waals surface area (Å²) in [6, 6.07) is 13.9. The molecule has 32 heavy (non-hydrogen) atoms. The SMILES string of the molecule is COC(=O)C(NC(=O)c1ccccc1F)(Nc1cc(C)nn1-c1ccccc1)C(F)(F)F. The molecule has 0 spiro atoms. The predicted octanol–water partition coefficient (Wildman–Crippen LogP) is 3.59. The highest BCUT2D eigenvalue weighted by molar-refractivity contribution is 5.99. The number of alkyl halides is 3. The summed E-state index contributed by atoms with van der Waals surface area (Å²) in [5, 5.41) is 7.77. The van der Waals surface area contributed by atoms with E-state index in [-0.39, 0.29) is 5.82 Å². The summed E-state index contributed by atoms with van der Waals surface area (Å²) < 4.78 is 62.5. The summed E-state index contributed by atoms with van der Waals surface area (Å²) in [6.45, 7) is 1.54. The minimum absolute atomic E-state index is 0.259. The first-order chi connectivity index (χ1) is 15.1. The Kier molecular flexibility index (Phi) is 6.19. The molecule has 1 heterocycles. The summed E-state index contributed by atoms with van der Waals surface area (Å²) in [5.74, 6) is -4.64. The van der Waals surface area contributed by atoms with Crippen molar-refractivity contribution in [2.75, 3.05) is 12.4 Å². The highest BCUT2D eigenvalue weighted by Crippen LogP contribution is 2.34. The Hall–Kier alpha value is -3.89. The monoisotopic (exact) mass is 450 g/mol. The van der Waals surface area contributed by atoms with Crippen LogP contribution in [0.25, 0.3) is 5.69 Å². The Morgan fingerprint density at radius 1 is 1.03 bits per heavy atom. The van der Waals surface area contributed by atoms with Gasteiger partial charge in [-0.15, -0.1) is 0 Å². The first-order valence-electron chi connectivity index (χ1n) is 9.21. The lowest BCUT2D eigenvalue weighted by molar-refractivity contribution is -0.203. The number of anilines is 1. The number of rotatable bonds is 6. The Labute approximate surface area is 180 Å². The van der Waals surface area contributed by atoms with E-state index in [1.54, 1.807) is 35.6 Å². The van der Waals surface area contributed by atoms with Crippen LogP contribution in [0.4, 0.5) is 23.4 Å². The number of halogens is 4. The largest absolute Gasteiger partial charge is 0.466 e. The summed E-state index contributed by atoms with van der Waals surface area (Å²) in [7, 11) is 0.736. The number of nitrogens with zero attached hydrogens (tertiary/aromatic N) is 2. The topological polar surface area (TPSA) is 85.2 Å². The van der Waals surface area contributed by atoms with Crippen molar-refractivity contribution in [2.45, 2.75) is 18.8 Å². The van der Waals surface area contributed by atoms with Crippen LogP contribution in [0.3, 0.4) is 0 Å². The molecule has 0 aliphatic carbocycles. The number of para-hydroxylation sites is 1. The minimum Gasteiger partial charge on any atom is -0.466 e. The van der Waals surface area contributed by atoms with Crippen LogP contribution < -0.4 is 10.6 Å². The number of hydrogen-bond acceptors (Lipinski definition) is 5. The lowest BCUT2D eigenvalue weighted by Crippen LogP contribution is -2.69. The molecule has 3 aromatic rings. The van der Waals surface area contributed by atoms with Gasteiger partial charge in [0.15, 0.2) is 0 Å². The molecule has 7 nitrogen and oxygen atoms in total. The van der Waals surface area contributed by atoms with Gasteiger partial charge < -0.3 is 15.4 Å². The maximum absolute atomic E-state index is 14.3. The molecule has 0 saturated carbocycles. The molecule has 2 aromatic carbocycles. The molecule has 1 unspecified atom stereocenters. The van der Waals surface area contributed by atoms with E-state index in [1.165, 1.54) is 25.1 Å². The Morgan fingerprint density at radius 2 is 1.66 bits per heavy atom. The second-order valence-corrected chi connectivity index (χ2v) is 6.72. The van der Waals surface area contributed by atoms with Crippen molar-refractivity contribution in [3.8, 4) is 5.69 Å². The minimum atomic E-state index is -5.39. The molecular formula is C21H18F4N4O3. The fourth-order valence-corrected chi connectivity index (χ4v) is 2.97. The van der Waals surface area contributed by atoms with E-state index in [2.05, 4.69) is 9.84 Å². The van der Waals surface area contributed by atoms with Gasteiger partial charge in [-0.05, 0) is 31.2 Å². The van der Waals surface area contributed by atoms with Gasteiger partial charge in [0.05, 0.1) is 24.1 Å². The van der Waals surface area contributed by atoms with Crippen molar-refractivity contribution in [3.63, 3.8) is 0 Å². The van der Waals surface area contributed by atoms with Crippen LogP contribution in [0.15, 0.2) is 60.7 Å². The molecule has 1 amide bonds. The van der Waals surface area contributed by atoms with Gasteiger partial charge in [-0.25, -0.2) is 13.9 Å². The Bertz CT molecular complexity index is 1130. The van der Waals surface area contributed by atoms with E-state index in [0.717, 1.165) is 23.9 Å². The van der Waals surface area contributed by atoms with Crippen molar-refractivity contribution in [1.82, 2.24) is 15.1 Å². The van der Waals surface area contributed by atoms with Crippen molar-refractivity contribution >= 4 is 17.7 Å². The molecule has 0 fully saturated rings. The number of methoxy groups -OCH3 is 1. The van der Waals surface area contributed by atoms with Crippen LogP contribution >= 0.6 is 0 Å². The molecule has 1 atom stereocenters. The van der Waals surface area contributed by atoms with Gasteiger partial charge in [0, 0.05) is 6.07 Å². The maximum Gasteiger partial charge on any atom is 0.441 e. The molecule has 0 saturated heterocycles. The molecule has 0 bridgehead atoms.